The molecule has 20 heavy (non-hydrogen) atoms. The summed E-state index contributed by atoms with van der Waals surface area (Å²) in [6, 6.07) is 6.03. The van der Waals surface area contributed by atoms with Gasteiger partial charge in [0.05, 0.1) is 6.17 Å². The number of rotatable bonds is 7. The molecule has 0 aliphatic rings. The third-order valence-corrected chi connectivity index (χ3v) is 3.49. The van der Waals surface area contributed by atoms with Crippen LogP contribution in [0.25, 0.3) is 0 Å². The van der Waals surface area contributed by atoms with Gasteiger partial charge >= 0.3 is 0 Å². The van der Waals surface area contributed by atoms with Gasteiger partial charge in [0, 0.05) is 18.7 Å². The molecule has 1 rings (SSSR count). The number of nitrogens with zero attached hydrogens (tertiary/aromatic N) is 1. The van der Waals surface area contributed by atoms with E-state index in [-0.39, 0.29) is 5.91 Å². The molecule has 0 saturated heterocycles. The van der Waals surface area contributed by atoms with E-state index < -0.39 is 0 Å². The average molecular weight is 277 g/mol. The van der Waals surface area contributed by atoms with E-state index in [4.69, 9.17) is 0 Å². The predicted octanol–water partition coefficient (Wildman–Crippen LogP) is 2.52. The summed E-state index contributed by atoms with van der Waals surface area (Å²) in [4.78, 5) is 14.1. The highest BCUT2D eigenvalue weighted by atomic mass is 16.1. The van der Waals surface area contributed by atoms with Crippen LogP contribution in [0.2, 0.25) is 0 Å². The van der Waals surface area contributed by atoms with E-state index >= 15 is 0 Å². The molecule has 0 radical (unpaired) electrons. The third-order valence-electron chi connectivity index (χ3n) is 3.49. The van der Waals surface area contributed by atoms with Crippen molar-refractivity contribution >= 4 is 11.6 Å². The monoisotopic (exact) mass is 277 g/mol. The summed E-state index contributed by atoms with van der Waals surface area (Å²) in [5.41, 5.74) is 3.15. The van der Waals surface area contributed by atoms with Gasteiger partial charge in [-0.1, -0.05) is 25.1 Å². The van der Waals surface area contributed by atoms with Crippen molar-refractivity contribution in [3.05, 3.63) is 29.3 Å². The van der Waals surface area contributed by atoms with Crippen molar-refractivity contribution in [2.45, 2.75) is 39.8 Å². The standard InChI is InChI=1S/C16H27N3O/c1-6-14(19(4)5)17-11-10-15(20)18-16-12(2)8-7-9-13(16)3/h7-9,14,17H,6,10-11H2,1-5H3,(H,18,20). The molecular weight excluding hydrogens is 250 g/mol. The van der Waals surface area contributed by atoms with E-state index in [1.54, 1.807) is 0 Å². The Morgan fingerprint density at radius 1 is 1.25 bits per heavy atom. The molecule has 0 saturated carbocycles. The SMILES string of the molecule is CCC(NCCC(=O)Nc1c(C)cccc1C)N(C)C. The van der Waals surface area contributed by atoms with Crippen LogP contribution in [0.1, 0.15) is 30.9 Å². The number of anilines is 1. The van der Waals surface area contributed by atoms with Crippen molar-refractivity contribution in [3.63, 3.8) is 0 Å². The number of aryl methyl sites for hydroxylation is 2. The molecule has 4 nitrogen and oxygen atoms in total. The number of hydrogen-bond donors (Lipinski definition) is 2. The normalized spacial score (nSPS) is 12.5. The fraction of sp³-hybridized carbons (Fsp3) is 0.562. The average Bonchev–Trinajstić information content (AvgIpc) is 2.38. The topological polar surface area (TPSA) is 44.4 Å². The van der Waals surface area contributed by atoms with Crippen molar-refractivity contribution in [2.24, 2.45) is 0 Å². The van der Waals surface area contributed by atoms with Crippen molar-refractivity contribution in [1.29, 1.82) is 0 Å². The molecule has 1 amide bonds. The molecular formula is C16H27N3O. The summed E-state index contributed by atoms with van der Waals surface area (Å²) < 4.78 is 0. The van der Waals surface area contributed by atoms with Crippen LogP contribution in [0.5, 0.6) is 0 Å². The Morgan fingerprint density at radius 3 is 2.35 bits per heavy atom. The molecule has 0 aromatic heterocycles. The van der Waals surface area contributed by atoms with Crippen LogP contribution >= 0.6 is 0 Å². The van der Waals surface area contributed by atoms with Crippen LogP contribution in [-0.4, -0.2) is 37.6 Å². The zero-order chi connectivity index (χ0) is 15.1. The number of carbonyl (C=O) groups excluding carboxylic acids is 1. The van der Waals surface area contributed by atoms with E-state index in [2.05, 4.69) is 22.5 Å². The van der Waals surface area contributed by atoms with Gasteiger partial charge in [-0.05, 0) is 45.5 Å². The molecule has 0 aliphatic carbocycles. The minimum atomic E-state index is 0.0588. The summed E-state index contributed by atoms with van der Waals surface area (Å²) in [7, 11) is 4.08. The van der Waals surface area contributed by atoms with Crippen LogP contribution in [0.15, 0.2) is 18.2 Å². The molecule has 4 heteroatoms. The summed E-state index contributed by atoms with van der Waals surface area (Å²) >= 11 is 0. The first kappa shape index (κ1) is 16.7. The van der Waals surface area contributed by atoms with Crippen molar-refractivity contribution in [3.8, 4) is 0 Å². The van der Waals surface area contributed by atoms with Crippen LogP contribution in [0.4, 0.5) is 5.69 Å². The van der Waals surface area contributed by atoms with Crippen LogP contribution in [-0.2, 0) is 4.79 Å². The van der Waals surface area contributed by atoms with E-state index in [0.29, 0.717) is 19.1 Å². The zero-order valence-electron chi connectivity index (χ0n) is 13.3. The highest BCUT2D eigenvalue weighted by Gasteiger charge is 2.10. The molecule has 0 fully saturated rings. The highest BCUT2D eigenvalue weighted by molar-refractivity contribution is 5.92. The predicted molar refractivity (Wildman–Crippen MR) is 84.9 cm³/mol. The maximum atomic E-state index is 12.0. The first-order chi connectivity index (χ1) is 9.45. The van der Waals surface area contributed by atoms with Gasteiger partial charge in [-0.25, -0.2) is 0 Å². The van der Waals surface area contributed by atoms with Crippen LogP contribution in [0, 0.1) is 13.8 Å². The second-order valence-corrected chi connectivity index (χ2v) is 5.41. The fourth-order valence-electron chi connectivity index (χ4n) is 2.26. The molecule has 1 atom stereocenters. The van der Waals surface area contributed by atoms with Crippen LogP contribution in [0.3, 0.4) is 0 Å². The van der Waals surface area contributed by atoms with Gasteiger partial charge in [0.2, 0.25) is 5.91 Å². The number of carbonyl (C=O) groups is 1. The molecule has 0 bridgehead atoms. The van der Waals surface area contributed by atoms with Gasteiger partial charge in [0.15, 0.2) is 0 Å². The van der Waals surface area contributed by atoms with Crippen LogP contribution < -0.4 is 10.6 Å². The first-order valence-electron chi connectivity index (χ1n) is 7.21. The summed E-state index contributed by atoms with van der Waals surface area (Å²) in [5, 5.41) is 6.39. The number of para-hydroxylation sites is 1. The molecule has 1 aromatic rings. The van der Waals surface area contributed by atoms with E-state index in [9.17, 15) is 4.79 Å². The van der Waals surface area contributed by atoms with Crippen molar-refractivity contribution in [1.82, 2.24) is 10.2 Å². The molecule has 1 unspecified atom stereocenters. The molecule has 0 spiro atoms. The lowest BCUT2D eigenvalue weighted by Gasteiger charge is -2.24. The number of amides is 1. The summed E-state index contributed by atoms with van der Waals surface area (Å²) in [6.45, 7) is 6.85. The second kappa shape index (κ2) is 8.02. The highest BCUT2D eigenvalue weighted by Crippen LogP contribution is 2.19. The minimum Gasteiger partial charge on any atom is -0.326 e. The Bertz CT molecular complexity index is 423. The van der Waals surface area contributed by atoms with Gasteiger partial charge in [-0.3, -0.25) is 9.69 Å². The van der Waals surface area contributed by atoms with Crippen molar-refractivity contribution < 1.29 is 4.79 Å². The Morgan fingerprint density at radius 2 is 1.85 bits per heavy atom. The van der Waals surface area contributed by atoms with Gasteiger partial charge in [-0.15, -0.1) is 0 Å². The first-order valence-corrected chi connectivity index (χ1v) is 7.21. The Balaban J connectivity index is 2.45. The maximum absolute atomic E-state index is 12.0. The lowest BCUT2D eigenvalue weighted by molar-refractivity contribution is -0.116. The van der Waals surface area contributed by atoms with Gasteiger partial charge < -0.3 is 10.6 Å². The molecule has 1 aromatic carbocycles. The second-order valence-electron chi connectivity index (χ2n) is 5.41. The van der Waals surface area contributed by atoms with Gasteiger partial charge in [0.25, 0.3) is 0 Å². The van der Waals surface area contributed by atoms with Gasteiger partial charge in [-0.2, -0.15) is 0 Å². The summed E-state index contributed by atoms with van der Waals surface area (Å²) in [6.07, 6.45) is 1.83. The Labute approximate surface area is 122 Å². The zero-order valence-corrected chi connectivity index (χ0v) is 13.3. The molecule has 0 heterocycles. The quantitative estimate of drug-likeness (QED) is 0.753. The van der Waals surface area contributed by atoms with E-state index in [0.717, 1.165) is 23.2 Å². The fourth-order valence-corrected chi connectivity index (χ4v) is 2.26. The smallest absolute Gasteiger partial charge is 0.225 e. The molecule has 0 aliphatic heterocycles. The number of hydrogen-bond acceptors (Lipinski definition) is 3. The Hall–Kier alpha value is -1.39. The molecule has 112 valence electrons. The van der Waals surface area contributed by atoms with E-state index in [1.165, 1.54) is 0 Å². The summed E-state index contributed by atoms with van der Waals surface area (Å²) in [5.74, 6) is 0.0588. The molecule has 2 N–H and O–H groups in total. The lowest BCUT2D eigenvalue weighted by Crippen LogP contribution is -2.42. The van der Waals surface area contributed by atoms with Gasteiger partial charge in [0.1, 0.15) is 0 Å². The lowest BCUT2D eigenvalue weighted by atomic mass is 10.1. The maximum Gasteiger partial charge on any atom is 0.225 e. The number of nitrogens with one attached hydrogen (secondary N) is 2. The third kappa shape index (κ3) is 4.94. The largest absolute Gasteiger partial charge is 0.326 e. The van der Waals surface area contributed by atoms with E-state index in [1.807, 2.05) is 46.1 Å². The number of benzene rings is 1. The minimum absolute atomic E-state index is 0.0588. The van der Waals surface area contributed by atoms with Crippen molar-refractivity contribution in [2.75, 3.05) is 26.0 Å². The Kier molecular flexibility index (Phi) is 6.68.